The van der Waals surface area contributed by atoms with Crippen LogP contribution >= 0.6 is 22.9 Å². The molecule has 0 amide bonds. The van der Waals surface area contributed by atoms with E-state index in [4.69, 9.17) is 11.6 Å². The quantitative estimate of drug-likeness (QED) is 0.527. The number of hydrogen-bond acceptors (Lipinski definition) is 6. The molecule has 0 saturated heterocycles. The molecule has 0 atom stereocenters. The van der Waals surface area contributed by atoms with Crippen LogP contribution in [0.1, 0.15) is 10.6 Å². The van der Waals surface area contributed by atoms with Gasteiger partial charge in [0.2, 0.25) is 0 Å². The number of nitrogens with one attached hydrogen (secondary N) is 1. The third-order valence-electron chi connectivity index (χ3n) is 3.39. The van der Waals surface area contributed by atoms with Gasteiger partial charge in [-0.2, -0.15) is 0 Å². The number of halogens is 1. The minimum atomic E-state index is -0.459. The van der Waals surface area contributed by atoms with Crippen molar-refractivity contribution < 1.29 is 4.92 Å². The zero-order chi connectivity index (χ0) is 17.1. The zero-order valence-electron chi connectivity index (χ0n) is 12.7. The molecule has 8 heteroatoms. The fourth-order valence-electron chi connectivity index (χ4n) is 2.24. The standard InChI is InChI=1S/C16H13ClN4O2S/c1-10-7-12(21(22)23)8-13(17)15(10)18-9-14-19-20-16(24-14)11-5-3-2-4-6-11/h2-8,18H,9H2,1H3. The molecule has 0 aliphatic carbocycles. The molecule has 122 valence electrons. The SMILES string of the molecule is Cc1cc([N+](=O)[O-])cc(Cl)c1NCc1nnc(-c2ccccc2)s1. The Morgan fingerprint density at radius 1 is 1.25 bits per heavy atom. The summed E-state index contributed by atoms with van der Waals surface area (Å²) in [6.45, 7) is 2.22. The summed E-state index contributed by atoms with van der Waals surface area (Å²) in [4.78, 5) is 10.4. The molecule has 24 heavy (non-hydrogen) atoms. The van der Waals surface area contributed by atoms with Crippen molar-refractivity contribution in [3.8, 4) is 10.6 Å². The minimum Gasteiger partial charge on any atom is -0.377 e. The number of rotatable bonds is 5. The summed E-state index contributed by atoms with van der Waals surface area (Å²) in [6, 6.07) is 12.6. The molecule has 3 aromatic rings. The van der Waals surface area contributed by atoms with E-state index in [9.17, 15) is 10.1 Å². The number of nitro benzene ring substituents is 1. The Hall–Kier alpha value is -2.51. The van der Waals surface area contributed by atoms with E-state index in [1.807, 2.05) is 30.3 Å². The molecule has 0 saturated carbocycles. The van der Waals surface area contributed by atoms with Crippen molar-refractivity contribution in [2.24, 2.45) is 0 Å². The maximum Gasteiger partial charge on any atom is 0.271 e. The lowest BCUT2D eigenvalue weighted by atomic mass is 10.2. The number of hydrogen-bond donors (Lipinski definition) is 1. The van der Waals surface area contributed by atoms with Gasteiger partial charge in [0.25, 0.3) is 5.69 Å². The molecule has 0 radical (unpaired) electrons. The lowest BCUT2D eigenvalue weighted by Gasteiger charge is -2.09. The average Bonchev–Trinajstić information content (AvgIpc) is 3.03. The molecule has 0 aliphatic heterocycles. The van der Waals surface area contributed by atoms with Crippen molar-refractivity contribution in [3.63, 3.8) is 0 Å². The second kappa shape index (κ2) is 6.94. The Bertz CT molecular complexity index is 860. The highest BCUT2D eigenvalue weighted by Crippen LogP contribution is 2.31. The Balaban J connectivity index is 1.75. The first-order valence-corrected chi connectivity index (χ1v) is 8.30. The van der Waals surface area contributed by atoms with Crippen LogP contribution in [0.4, 0.5) is 11.4 Å². The maximum absolute atomic E-state index is 10.8. The van der Waals surface area contributed by atoms with Crippen molar-refractivity contribution in [2.45, 2.75) is 13.5 Å². The van der Waals surface area contributed by atoms with E-state index in [1.165, 1.54) is 23.5 Å². The van der Waals surface area contributed by atoms with Crippen LogP contribution in [0.3, 0.4) is 0 Å². The molecule has 0 spiro atoms. The lowest BCUT2D eigenvalue weighted by molar-refractivity contribution is -0.384. The van der Waals surface area contributed by atoms with Gasteiger partial charge in [0.15, 0.2) is 0 Å². The molecule has 0 aliphatic rings. The number of benzene rings is 2. The molecule has 1 heterocycles. The van der Waals surface area contributed by atoms with Gasteiger partial charge in [0, 0.05) is 17.7 Å². The summed E-state index contributed by atoms with van der Waals surface area (Å²) in [6.07, 6.45) is 0. The van der Waals surface area contributed by atoms with E-state index in [-0.39, 0.29) is 5.69 Å². The minimum absolute atomic E-state index is 0.0228. The number of aryl methyl sites for hydroxylation is 1. The Morgan fingerprint density at radius 3 is 2.67 bits per heavy atom. The summed E-state index contributed by atoms with van der Waals surface area (Å²) in [5.41, 5.74) is 2.37. The van der Waals surface area contributed by atoms with Crippen molar-refractivity contribution >= 4 is 34.3 Å². The van der Waals surface area contributed by atoms with Crippen molar-refractivity contribution in [1.29, 1.82) is 0 Å². The predicted octanol–water partition coefficient (Wildman–Crippen LogP) is 4.69. The van der Waals surface area contributed by atoms with Gasteiger partial charge in [-0.25, -0.2) is 0 Å². The fourth-order valence-corrected chi connectivity index (χ4v) is 3.35. The highest BCUT2D eigenvalue weighted by molar-refractivity contribution is 7.14. The monoisotopic (exact) mass is 360 g/mol. The normalized spacial score (nSPS) is 10.6. The van der Waals surface area contributed by atoms with Gasteiger partial charge in [-0.15, -0.1) is 10.2 Å². The smallest absolute Gasteiger partial charge is 0.271 e. The van der Waals surface area contributed by atoms with E-state index in [2.05, 4.69) is 15.5 Å². The molecule has 3 rings (SSSR count). The van der Waals surface area contributed by atoms with Crippen LogP contribution in [-0.2, 0) is 6.54 Å². The number of nitro groups is 1. The van der Waals surface area contributed by atoms with Crippen molar-refractivity contribution in [2.75, 3.05) is 5.32 Å². The van der Waals surface area contributed by atoms with Crippen LogP contribution in [-0.4, -0.2) is 15.1 Å². The molecular weight excluding hydrogens is 348 g/mol. The molecule has 0 bridgehead atoms. The second-order valence-electron chi connectivity index (χ2n) is 5.10. The van der Waals surface area contributed by atoms with Crippen molar-refractivity contribution in [3.05, 3.63) is 68.2 Å². The molecular formula is C16H13ClN4O2S. The van der Waals surface area contributed by atoms with Gasteiger partial charge < -0.3 is 5.32 Å². The molecule has 6 nitrogen and oxygen atoms in total. The molecule has 1 aromatic heterocycles. The van der Waals surface area contributed by atoms with E-state index in [1.54, 1.807) is 6.92 Å². The summed E-state index contributed by atoms with van der Waals surface area (Å²) >= 11 is 7.64. The van der Waals surface area contributed by atoms with Gasteiger partial charge in [0.1, 0.15) is 10.0 Å². The van der Waals surface area contributed by atoms with Crippen LogP contribution < -0.4 is 5.32 Å². The molecule has 1 N–H and O–H groups in total. The summed E-state index contributed by atoms with van der Waals surface area (Å²) in [5, 5.41) is 24.3. The first-order chi connectivity index (χ1) is 11.5. The zero-order valence-corrected chi connectivity index (χ0v) is 14.3. The summed E-state index contributed by atoms with van der Waals surface area (Å²) < 4.78 is 0. The highest BCUT2D eigenvalue weighted by atomic mass is 35.5. The maximum atomic E-state index is 10.8. The van der Waals surface area contributed by atoms with Crippen LogP contribution in [0.5, 0.6) is 0 Å². The highest BCUT2D eigenvalue weighted by Gasteiger charge is 2.14. The van der Waals surface area contributed by atoms with Crippen LogP contribution in [0.25, 0.3) is 10.6 Å². The van der Waals surface area contributed by atoms with Gasteiger partial charge in [0.05, 0.1) is 22.2 Å². The third-order valence-corrected chi connectivity index (χ3v) is 4.66. The fraction of sp³-hybridized carbons (Fsp3) is 0.125. The number of non-ortho nitro benzene ring substituents is 1. The van der Waals surface area contributed by atoms with Crippen LogP contribution in [0, 0.1) is 17.0 Å². The third kappa shape index (κ3) is 3.52. The average molecular weight is 361 g/mol. The van der Waals surface area contributed by atoms with E-state index in [0.717, 1.165) is 15.6 Å². The Morgan fingerprint density at radius 2 is 2.00 bits per heavy atom. The Kier molecular flexibility index (Phi) is 4.73. The first kappa shape index (κ1) is 16.4. The number of aromatic nitrogens is 2. The second-order valence-corrected chi connectivity index (χ2v) is 6.57. The van der Waals surface area contributed by atoms with Crippen LogP contribution in [0.15, 0.2) is 42.5 Å². The van der Waals surface area contributed by atoms with Crippen molar-refractivity contribution in [1.82, 2.24) is 10.2 Å². The number of anilines is 1. The van der Waals surface area contributed by atoms with E-state index in [0.29, 0.717) is 22.8 Å². The largest absolute Gasteiger partial charge is 0.377 e. The first-order valence-electron chi connectivity index (χ1n) is 7.11. The van der Waals surface area contributed by atoms with Gasteiger partial charge >= 0.3 is 0 Å². The van der Waals surface area contributed by atoms with E-state index < -0.39 is 4.92 Å². The molecule has 0 fully saturated rings. The summed E-state index contributed by atoms with van der Waals surface area (Å²) in [5.74, 6) is 0. The predicted molar refractivity (Wildman–Crippen MR) is 95.5 cm³/mol. The van der Waals surface area contributed by atoms with Gasteiger partial charge in [-0.3, -0.25) is 10.1 Å². The number of nitrogens with zero attached hydrogens (tertiary/aromatic N) is 3. The van der Waals surface area contributed by atoms with Gasteiger partial charge in [-0.05, 0) is 12.5 Å². The van der Waals surface area contributed by atoms with Crippen LogP contribution in [0.2, 0.25) is 5.02 Å². The van der Waals surface area contributed by atoms with E-state index >= 15 is 0 Å². The Labute approximate surface area is 147 Å². The molecule has 0 unspecified atom stereocenters. The molecule has 2 aromatic carbocycles. The lowest BCUT2D eigenvalue weighted by Crippen LogP contribution is -2.02. The summed E-state index contributed by atoms with van der Waals surface area (Å²) in [7, 11) is 0. The topological polar surface area (TPSA) is 81.0 Å². The van der Waals surface area contributed by atoms with Gasteiger partial charge in [-0.1, -0.05) is 53.3 Å².